The van der Waals surface area contributed by atoms with Gasteiger partial charge in [-0.3, -0.25) is 0 Å². The smallest absolute Gasteiger partial charge is 0.244 e. The standard InChI is InChI=1S/C13H21BrN4O2S/c1-8-4-3-5-11(9(8)2)18-21(19,20)12-6-10(14)7-16-13(12)17-15/h6-9,11,18H,3-5,15H2,1-2H3,(H,16,17). The highest BCUT2D eigenvalue weighted by molar-refractivity contribution is 9.10. The minimum atomic E-state index is -3.67. The maximum absolute atomic E-state index is 12.6. The summed E-state index contributed by atoms with van der Waals surface area (Å²) in [6.45, 7) is 4.26. The number of rotatable bonds is 4. The fourth-order valence-electron chi connectivity index (χ4n) is 2.75. The van der Waals surface area contributed by atoms with Crippen molar-refractivity contribution >= 4 is 31.8 Å². The number of nitrogen functional groups attached to an aromatic ring is 1. The topological polar surface area (TPSA) is 97.1 Å². The second-order valence-electron chi connectivity index (χ2n) is 5.64. The summed E-state index contributed by atoms with van der Waals surface area (Å²) >= 11 is 3.24. The zero-order valence-corrected chi connectivity index (χ0v) is 14.5. The van der Waals surface area contributed by atoms with Crippen LogP contribution in [0.4, 0.5) is 5.82 Å². The van der Waals surface area contributed by atoms with Crippen LogP contribution in [0.5, 0.6) is 0 Å². The highest BCUT2D eigenvalue weighted by Crippen LogP contribution is 2.31. The van der Waals surface area contributed by atoms with E-state index in [1.54, 1.807) is 0 Å². The van der Waals surface area contributed by atoms with Gasteiger partial charge in [-0.1, -0.05) is 26.7 Å². The Balaban J connectivity index is 2.28. The Morgan fingerprint density at radius 1 is 1.38 bits per heavy atom. The van der Waals surface area contributed by atoms with E-state index in [4.69, 9.17) is 5.84 Å². The fourth-order valence-corrected chi connectivity index (χ4v) is 4.73. The van der Waals surface area contributed by atoms with Crippen LogP contribution in [0.1, 0.15) is 33.1 Å². The molecule has 118 valence electrons. The van der Waals surface area contributed by atoms with E-state index in [0.29, 0.717) is 16.3 Å². The normalized spacial score (nSPS) is 26.6. The van der Waals surface area contributed by atoms with Crippen LogP contribution in [0.15, 0.2) is 21.6 Å². The molecule has 0 aliphatic heterocycles. The third-order valence-electron chi connectivity index (χ3n) is 4.26. The van der Waals surface area contributed by atoms with Gasteiger partial charge in [0, 0.05) is 16.7 Å². The number of hydrogen-bond donors (Lipinski definition) is 3. The van der Waals surface area contributed by atoms with E-state index in [-0.39, 0.29) is 16.8 Å². The number of aromatic nitrogens is 1. The van der Waals surface area contributed by atoms with Gasteiger partial charge in [-0.2, -0.15) is 0 Å². The third-order valence-corrected chi connectivity index (χ3v) is 6.20. The van der Waals surface area contributed by atoms with Gasteiger partial charge in [0.05, 0.1) is 0 Å². The molecule has 0 saturated heterocycles. The zero-order chi connectivity index (χ0) is 15.6. The van der Waals surface area contributed by atoms with E-state index in [1.165, 1.54) is 12.3 Å². The molecule has 0 bridgehead atoms. The predicted molar refractivity (Wildman–Crippen MR) is 86.0 cm³/mol. The largest absolute Gasteiger partial charge is 0.307 e. The second kappa shape index (κ2) is 6.60. The lowest BCUT2D eigenvalue weighted by Crippen LogP contribution is -2.43. The molecule has 1 aromatic rings. The molecule has 1 saturated carbocycles. The quantitative estimate of drug-likeness (QED) is 0.552. The number of nitrogens with zero attached hydrogens (tertiary/aromatic N) is 1. The minimum absolute atomic E-state index is 0.0524. The third kappa shape index (κ3) is 3.74. The van der Waals surface area contributed by atoms with Gasteiger partial charge in [0.1, 0.15) is 4.90 Å². The van der Waals surface area contributed by atoms with Gasteiger partial charge in [0.15, 0.2) is 5.82 Å². The predicted octanol–water partition coefficient (Wildman–Crippen LogP) is 2.23. The van der Waals surface area contributed by atoms with Gasteiger partial charge in [0.25, 0.3) is 0 Å². The van der Waals surface area contributed by atoms with Crippen LogP contribution in [0.2, 0.25) is 0 Å². The first-order chi connectivity index (χ1) is 9.85. The summed E-state index contributed by atoms with van der Waals surface area (Å²) < 4.78 is 28.6. The molecule has 0 aromatic carbocycles. The van der Waals surface area contributed by atoms with Gasteiger partial charge < -0.3 is 5.43 Å². The van der Waals surface area contributed by atoms with Gasteiger partial charge in [0.2, 0.25) is 10.0 Å². The Morgan fingerprint density at radius 3 is 2.76 bits per heavy atom. The van der Waals surface area contributed by atoms with E-state index in [2.05, 4.69) is 44.9 Å². The summed E-state index contributed by atoms with van der Waals surface area (Å²) in [5.74, 6) is 6.32. The Kier molecular flexibility index (Phi) is 5.24. The highest BCUT2D eigenvalue weighted by Gasteiger charge is 2.31. The van der Waals surface area contributed by atoms with Crippen molar-refractivity contribution in [3.8, 4) is 0 Å². The van der Waals surface area contributed by atoms with Crippen molar-refractivity contribution in [3.63, 3.8) is 0 Å². The highest BCUT2D eigenvalue weighted by atomic mass is 79.9. The monoisotopic (exact) mass is 376 g/mol. The average molecular weight is 377 g/mol. The molecule has 1 aliphatic rings. The molecule has 0 spiro atoms. The summed E-state index contributed by atoms with van der Waals surface area (Å²) in [6, 6.07) is 1.45. The molecule has 0 radical (unpaired) electrons. The van der Waals surface area contributed by atoms with Crippen molar-refractivity contribution in [1.82, 2.24) is 9.71 Å². The first kappa shape index (κ1) is 16.7. The number of halogens is 1. The van der Waals surface area contributed by atoms with E-state index in [0.717, 1.165) is 19.3 Å². The Bertz CT molecular complexity index is 608. The molecule has 8 heteroatoms. The Labute approximate surface area is 134 Å². The van der Waals surface area contributed by atoms with Crippen LogP contribution in [-0.4, -0.2) is 19.4 Å². The van der Waals surface area contributed by atoms with Crippen molar-refractivity contribution < 1.29 is 8.42 Å². The van der Waals surface area contributed by atoms with Crippen molar-refractivity contribution in [2.45, 2.75) is 44.0 Å². The average Bonchev–Trinajstić information content (AvgIpc) is 2.44. The van der Waals surface area contributed by atoms with Crippen LogP contribution < -0.4 is 16.0 Å². The van der Waals surface area contributed by atoms with Crippen LogP contribution in [0.25, 0.3) is 0 Å². The molecule has 1 aliphatic carbocycles. The van der Waals surface area contributed by atoms with E-state index in [9.17, 15) is 8.42 Å². The molecule has 3 atom stereocenters. The number of pyridine rings is 1. The van der Waals surface area contributed by atoms with Crippen LogP contribution in [0.3, 0.4) is 0 Å². The van der Waals surface area contributed by atoms with Crippen LogP contribution >= 0.6 is 15.9 Å². The summed E-state index contributed by atoms with van der Waals surface area (Å²) in [5.41, 5.74) is 2.34. The first-order valence-electron chi connectivity index (χ1n) is 6.99. The number of anilines is 1. The van der Waals surface area contributed by atoms with Crippen LogP contribution in [0, 0.1) is 11.8 Å². The molecule has 3 unspecified atom stereocenters. The molecule has 2 rings (SSSR count). The molecule has 21 heavy (non-hydrogen) atoms. The van der Waals surface area contributed by atoms with E-state index < -0.39 is 10.0 Å². The van der Waals surface area contributed by atoms with Gasteiger partial charge in [-0.25, -0.2) is 24.0 Å². The van der Waals surface area contributed by atoms with Gasteiger partial charge in [-0.15, -0.1) is 0 Å². The maximum Gasteiger partial charge on any atom is 0.244 e. The fraction of sp³-hybridized carbons (Fsp3) is 0.615. The lowest BCUT2D eigenvalue weighted by molar-refractivity contribution is 0.227. The maximum atomic E-state index is 12.6. The summed E-state index contributed by atoms with van der Waals surface area (Å²) in [4.78, 5) is 4.05. The molecule has 1 aromatic heterocycles. The summed E-state index contributed by atoms with van der Waals surface area (Å²) in [6.07, 6.45) is 4.54. The SMILES string of the molecule is CC1CCCC(NS(=O)(=O)c2cc(Br)cnc2NN)C1C. The second-order valence-corrected chi connectivity index (χ2v) is 8.24. The molecule has 6 nitrogen and oxygen atoms in total. The molecular formula is C13H21BrN4O2S. The first-order valence-corrected chi connectivity index (χ1v) is 9.27. The van der Waals surface area contributed by atoms with Crippen molar-refractivity contribution in [2.75, 3.05) is 5.43 Å². The van der Waals surface area contributed by atoms with Gasteiger partial charge >= 0.3 is 0 Å². The van der Waals surface area contributed by atoms with E-state index in [1.807, 2.05) is 0 Å². The van der Waals surface area contributed by atoms with E-state index >= 15 is 0 Å². The number of nitrogens with two attached hydrogens (primary N) is 1. The van der Waals surface area contributed by atoms with Crippen molar-refractivity contribution in [2.24, 2.45) is 17.7 Å². The number of hydrazine groups is 1. The van der Waals surface area contributed by atoms with Gasteiger partial charge in [-0.05, 0) is 40.3 Å². The summed E-state index contributed by atoms with van der Waals surface area (Å²) in [7, 11) is -3.67. The Hall–Kier alpha value is -0.700. The number of sulfonamides is 1. The lowest BCUT2D eigenvalue weighted by Gasteiger charge is -2.34. The molecule has 1 fully saturated rings. The zero-order valence-electron chi connectivity index (χ0n) is 12.1. The molecule has 4 N–H and O–H groups in total. The molecule has 1 heterocycles. The molecular weight excluding hydrogens is 356 g/mol. The van der Waals surface area contributed by atoms with Crippen molar-refractivity contribution in [3.05, 3.63) is 16.7 Å². The van der Waals surface area contributed by atoms with Crippen LogP contribution in [-0.2, 0) is 10.0 Å². The summed E-state index contributed by atoms with van der Waals surface area (Å²) in [5, 5.41) is 0. The minimum Gasteiger partial charge on any atom is -0.307 e. The molecule has 0 amide bonds. The Morgan fingerprint density at radius 2 is 2.10 bits per heavy atom. The van der Waals surface area contributed by atoms with Crippen molar-refractivity contribution in [1.29, 1.82) is 0 Å². The number of hydrogen-bond acceptors (Lipinski definition) is 5. The number of nitrogens with one attached hydrogen (secondary N) is 2. The lowest BCUT2D eigenvalue weighted by atomic mass is 9.78.